The normalized spacial score (nSPS) is 18.7. The van der Waals surface area contributed by atoms with Crippen molar-refractivity contribution in [2.24, 2.45) is 0 Å². The highest BCUT2D eigenvalue weighted by atomic mass is 32.2. The van der Waals surface area contributed by atoms with E-state index in [1.54, 1.807) is 12.1 Å². The predicted molar refractivity (Wildman–Crippen MR) is 97.9 cm³/mol. The summed E-state index contributed by atoms with van der Waals surface area (Å²) in [6, 6.07) is 11.1. The van der Waals surface area contributed by atoms with Gasteiger partial charge in [0.25, 0.3) is 5.91 Å². The summed E-state index contributed by atoms with van der Waals surface area (Å²) in [6.45, 7) is 2.09. The molecule has 1 aliphatic rings. The molecule has 1 aliphatic heterocycles. The van der Waals surface area contributed by atoms with Crippen LogP contribution < -0.4 is 10.6 Å². The minimum atomic E-state index is -3.01. The van der Waals surface area contributed by atoms with E-state index in [0.717, 1.165) is 12.1 Å². The zero-order valence-electron chi connectivity index (χ0n) is 14.0. The highest BCUT2D eigenvalue weighted by Crippen LogP contribution is 2.20. The van der Waals surface area contributed by atoms with Crippen molar-refractivity contribution in [3.63, 3.8) is 0 Å². The number of carbonyl (C=O) groups excluding carboxylic acids is 1. The van der Waals surface area contributed by atoms with Gasteiger partial charge in [0, 0.05) is 17.9 Å². The molecule has 0 bridgehead atoms. The van der Waals surface area contributed by atoms with Crippen LogP contribution in [0.5, 0.6) is 0 Å². The number of pyridine rings is 1. The molecule has 1 amide bonds. The minimum absolute atomic E-state index is 0.0135. The second kappa shape index (κ2) is 7.23. The molecular formula is C18H21N3O3S. The van der Waals surface area contributed by atoms with E-state index in [1.807, 2.05) is 18.2 Å². The Morgan fingerprint density at radius 1 is 1.24 bits per heavy atom. The van der Waals surface area contributed by atoms with Gasteiger partial charge in [0.2, 0.25) is 0 Å². The lowest BCUT2D eigenvalue weighted by Crippen LogP contribution is -2.35. The van der Waals surface area contributed by atoms with E-state index in [2.05, 4.69) is 28.6 Å². The maximum absolute atomic E-state index is 12.2. The molecule has 0 spiro atoms. The number of aromatic nitrogens is 1. The van der Waals surface area contributed by atoms with E-state index in [4.69, 9.17) is 0 Å². The van der Waals surface area contributed by atoms with Crippen LogP contribution in [-0.2, 0) is 16.3 Å². The van der Waals surface area contributed by atoms with E-state index in [9.17, 15) is 13.2 Å². The topological polar surface area (TPSA) is 88.2 Å². The summed E-state index contributed by atoms with van der Waals surface area (Å²) in [5, 5.41) is 6.01. The monoisotopic (exact) mass is 359 g/mol. The van der Waals surface area contributed by atoms with E-state index >= 15 is 0 Å². The molecule has 2 N–H and O–H groups in total. The molecule has 0 radical (unpaired) electrons. The van der Waals surface area contributed by atoms with Crippen LogP contribution >= 0.6 is 0 Å². The van der Waals surface area contributed by atoms with Gasteiger partial charge in [-0.1, -0.05) is 25.1 Å². The first-order chi connectivity index (χ1) is 12.0. The average molecular weight is 359 g/mol. The van der Waals surface area contributed by atoms with E-state index in [0.29, 0.717) is 17.8 Å². The number of hydrogen-bond donors (Lipinski definition) is 2. The second-order valence-electron chi connectivity index (χ2n) is 6.14. The Hall–Kier alpha value is -2.41. The summed E-state index contributed by atoms with van der Waals surface area (Å²) >= 11 is 0. The number of hydrogen-bond acceptors (Lipinski definition) is 5. The fourth-order valence-corrected chi connectivity index (χ4v) is 4.54. The summed E-state index contributed by atoms with van der Waals surface area (Å²) in [5.41, 5.74) is 2.60. The Labute approximate surface area is 147 Å². The SMILES string of the molecule is CCc1ccccc1Nc1ccc(C(=O)NC2CCS(=O)(=O)C2)cn1. The maximum atomic E-state index is 12.2. The highest BCUT2D eigenvalue weighted by molar-refractivity contribution is 7.91. The van der Waals surface area contributed by atoms with Gasteiger partial charge in [0.05, 0.1) is 17.1 Å². The fraction of sp³-hybridized carbons (Fsp3) is 0.333. The smallest absolute Gasteiger partial charge is 0.253 e. The number of aryl methyl sites for hydroxylation is 1. The summed E-state index contributed by atoms with van der Waals surface area (Å²) < 4.78 is 22.9. The van der Waals surface area contributed by atoms with Crippen molar-refractivity contribution in [3.8, 4) is 0 Å². The number of nitrogens with zero attached hydrogens (tertiary/aromatic N) is 1. The van der Waals surface area contributed by atoms with Crippen LogP contribution in [0, 0.1) is 0 Å². The van der Waals surface area contributed by atoms with Gasteiger partial charge in [-0.05, 0) is 36.6 Å². The van der Waals surface area contributed by atoms with E-state index in [1.165, 1.54) is 11.8 Å². The van der Waals surface area contributed by atoms with Gasteiger partial charge in [-0.15, -0.1) is 0 Å². The van der Waals surface area contributed by atoms with Crippen LogP contribution in [0.1, 0.15) is 29.3 Å². The molecule has 0 aliphatic carbocycles. The lowest BCUT2D eigenvalue weighted by atomic mass is 10.1. The van der Waals surface area contributed by atoms with Gasteiger partial charge in [0.15, 0.2) is 9.84 Å². The van der Waals surface area contributed by atoms with Gasteiger partial charge in [-0.3, -0.25) is 4.79 Å². The van der Waals surface area contributed by atoms with Crippen molar-refractivity contribution in [1.29, 1.82) is 0 Å². The summed E-state index contributed by atoms with van der Waals surface area (Å²) in [7, 11) is -3.01. The number of sulfone groups is 1. The fourth-order valence-electron chi connectivity index (χ4n) is 2.87. The van der Waals surface area contributed by atoms with Crippen molar-refractivity contribution in [3.05, 3.63) is 53.7 Å². The Morgan fingerprint density at radius 3 is 2.68 bits per heavy atom. The van der Waals surface area contributed by atoms with Crippen molar-refractivity contribution in [2.75, 3.05) is 16.8 Å². The van der Waals surface area contributed by atoms with Crippen molar-refractivity contribution in [1.82, 2.24) is 10.3 Å². The molecule has 2 heterocycles. The van der Waals surface area contributed by atoms with Crippen LogP contribution in [0.4, 0.5) is 11.5 Å². The molecule has 6 nitrogen and oxygen atoms in total. The Balaban J connectivity index is 1.65. The maximum Gasteiger partial charge on any atom is 0.253 e. The van der Waals surface area contributed by atoms with E-state index in [-0.39, 0.29) is 23.5 Å². The van der Waals surface area contributed by atoms with Crippen molar-refractivity contribution < 1.29 is 13.2 Å². The molecule has 1 saturated heterocycles. The number of benzene rings is 1. The van der Waals surface area contributed by atoms with Gasteiger partial charge < -0.3 is 10.6 Å². The first-order valence-electron chi connectivity index (χ1n) is 8.29. The standard InChI is InChI=1S/C18H21N3O3S/c1-2-13-5-3-4-6-16(13)21-17-8-7-14(11-19-17)18(22)20-15-9-10-25(23,24)12-15/h3-8,11,15H,2,9-10,12H2,1H3,(H,19,21)(H,20,22). The molecule has 2 aromatic rings. The molecule has 1 atom stereocenters. The lowest BCUT2D eigenvalue weighted by Gasteiger charge is -2.12. The third-order valence-electron chi connectivity index (χ3n) is 4.25. The van der Waals surface area contributed by atoms with Gasteiger partial charge in [-0.25, -0.2) is 13.4 Å². The Kier molecular flexibility index (Phi) is 5.03. The molecular weight excluding hydrogens is 338 g/mol. The van der Waals surface area contributed by atoms with Crippen LogP contribution in [0.15, 0.2) is 42.6 Å². The molecule has 7 heteroatoms. The largest absolute Gasteiger partial charge is 0.348 e. The number of nitrogens with one attached hydrogen (secondary N) is 2. The number of rotatable bonds is 5. The van der Waals surface area contributed by atoms with Crippen molar-refractivity contribution >= 4 is 27.2 Å². The molecule has 1 fully saturated rings. The average Bonchev–Trinajstić information content (AvgIpc) is 2.94. The van der Waals surface area contributed by atoms with E-state index < -0.39 is 9.84 Å². The van der Waals surface area contributed by atoms with Crippen LogP contribution in [0.25, 0.3) is 0 Å². The summed E-state index contributed by atoms with van der Waals surface area (Å²) in [6.07, 6.45) is 2.87. The predicted octanol–water partition coefficient (Wildman–Crippen LogP) is 2.30. The van der Waals surface area contributed by atoms with Gasteiger partial charge in [0.1, 0.15) is 5.82 Å². The third kappa shape index (κ3) is 4.36. The summed E-state index contributed by atoms with van der Waals surface area (Å²) in [5.74, 6) is 0.506. The van der Waals surface area contributed by atoms with Gasteiger partial charge >= 0.3 is 0 Å². The lowest BCUT2D eigenvalue weighted by molar-refractivity contribution is 0.0941. The zero-order valence-corrected chi connectivity index (χ0v) is 14.8. The second-order valence-corrected chi connectivity index (χ2v) is 8.37. The van der Waals surface area contributed by atoms with Crippen molar-refractivity contribution in [2.45, 2.75) is 25.8 Å². The number of anilines is 2. The van der Waals surface area contributed by atoms with Gasteiger partial charge in [-0.2, -0.15) is 0 Å². The minimum Gasteiger partial charge on any atom is -0.348 e. The number of amides is 1. The molecule has 0 saturated carbocycles. The third-order valence-corrected chi connectivity index (χ3v) is 6.02. The van der Waals surface area contributed by atoms with Crippen LogP contribution in [0.2, 0.25) is 0 Å². The zero-order chi connectivity index (χ0) is 17.9. The molecule has 1 aromatic carbocycles. The molecule has 1 aromatic heterocycles. The molecule has 25 heavy (non-hydrogen) atoms. The summed E-state index contributed by atoms with van der Waals surface area (Å²) in [4.78, 5) is 16.5. The first kappa shape index (κ1) is 17.4. The quantitative estimate of drug-likeness (QED) is 0.855. The molecule has 132 valence electrons. The van der Waals surface area contributed by atoms with Crippen LogP contribution in [0.3, 0.4) is 0 Å². The highest BCUT2D eigenvalue weighted by Gasteiger charge is 2.29. The Bertz CT molecular complexity index is 863. The Morgan fingerprint density at radius 2 is 2.04 bits per heavy atom. The molecule has 3 rings (SSSR count). The molecule has 1 unspecified atom stereocenters. The first-order valence-corrected chi connectivity index (χ1v) is 10.1. The van der Waals surface area contributed by atoms with Crippen LogP contribution in [-0.4, -0.2) is 36.9 Å². The number of carbonyl (C=O) groups is 1. The number of para-hydroxylation sites is 1.